The summed E-state index contributed by atoms with van der Waals surface area (Å²) in [6, 6.07) is 11.2. The highest BCUT2D eigenvalue weighted by atomic mass is 16.5. The number of likely N-dealkylation sites (N-methyl/N-ethyl adjacent to an activating group) is 1. The zero-order chi connectivity index (χ0) is 26.2. The summed E-state index contributed by atoms with van der Waals surface area (Å²) < 4.78 is 16.3. The van der Waals surface area contributed by atoms with Crippen LogP contribution < -0.4 is 14.2 Å². The second-order valence-corrected chi connectivity index (χ2v) is 8.26. The van der Waals surface area contributed by atoms with Crippen LogP contribution in [0.4, 0.5) is 0 Å². The van der Waals surface area contributed by atoms with Gasteiger partial charge in [-0.25, -0.2) is 0 Å². The number of aliphatic hydroxyl groups is 1. The third-order valence-corrected chi connectivity index (χ3v) is 6.31. The van der Waals surface area contributed by atoms with Crippen LogP contribution in [0.1, 0.15) is 31.0 Å². The maximum atomic E-state index is 13.3. The summed E-state index contributed by atoms with van der Waals surface area (Å²) in [6.45, 7) is 10.6. The predicted octanol–water partition coefficient (Wildman–Crippen LogP) is 4.03. The Morgan fingerprint density at radius 2 is 1.72 bits per heavy atom. The van der Waals surface area contributed by atoms with E-state index in [2.05, 4.69) is 11.5 Å². The highest BCUT2D eigenvalue weighted by Crippen LogP contribution is 2.42. The van der Waals surface area contributed by atoms with E-state index in [9.17, 15) is 14.7 Å². The Balaban J connectivity index is 2.10. The van der Waals surface area contributed by atoms with E-state index < -0.39 is 17.7 Å². The van der Waals surface area contributed by atoms with Crippen molar-refractivity contribution in [3.05, 3.63) is 71.8 Å². The number of rotatable bonds is 12. The van der Waals surface area contributed by atoms with Crippen LogP contribution in [0.15, 0.2) is 60.7 Å². The number of methoxy groups -OCH3 is 2. The van der Waals surface area contributed by atoms with Crippen LogP contribution in [0.3, 0.4) is 0 Å². The molecule has 2 aromatic carbocycles. The number of aliphatic hydroxyl groups excluding tert-OH is 1. The molecule has 0 aromatic heterocycles. The number of hydrogen-bond acceptors (Lipinski definition) is 7. The van der Waals surface area contributed by atoms with E-state index in [1.807, 2.05) is 13.8 Å². The van der Waals surface area contributed by atoms with Crippen molar-refractivity contribution < 1.29 is 28.9 Å². The number of ketones is 1. The number of ether oxygens (including phenoxy) is 3. The van der Waals surface area contributed by atoms with Crippen molar-refractivity contribution in [2.24, 2.45) is 0 Å². The quantitative estimate of drug-likeness (QED) is 0.206. The maximum Gasteiger partial charge on any atom is 0.295 e. The molecule has 0 aliphatic carbocycles. The summed E-state index contributed by atoms with van der Waals surface area (Å²) in [7, 11) is 3.06. The van der Waals surface area contributed by atoms with Gasteiger partial charge in [0.25, 0.3) is 11.7 Å². The molecule has 1 amide bonds. The number of Topliss-reactive ketones (excluding diaryl/α,β-unsaturated/α-hetero) is 1. The number of benzene rings is 2. The lowest BCUT2D eigenvalue weighted by atomic mass is 9.95. The second-order valence-electron chi connectivity index (χ2n) is 8.26. The molecule has 8 nitrogen and oxygen atoms in total. The molecule has 1 unspecified atom stereocenters. The van der Waals surface area contributed by atoms with Gasteiger partial charge in [-0.3, -0.25) is 9.59 Å². The Labute approximate surface area is 212 Å². The monoisotopic (exact) mass is 494 g/mol. The first-order chi connectivity index (χ1) is 17.4. The van der Waals surface area contributed by atoms with Gasteiger partial charge in [-0.1, -0.05) is 32.6 Å². The fraction of sp³-hybridized carbons (Fsp3) is 0.357. The van der Waals surface area contributed by atoms with E-state index in [0.29, 0.717) is 48.1 Å². The SMILES string of the molecule is C=CCOc1ccc(/C(O)=C2/C(=O)C(=O)N(CCN(CC)CC)C2c2ccc(OC)c(OC)c2)cc1. The third-order valence-electron chi connectivity index (χ3n) is 6.31. The Morgan fingerprint density at radius 3 is 2.31 bits per heavy atom. The average molecular weight is 495 g/mol. The minimum Gasteiger partial charge on any atom is -0.507 e. The molecule has 36 heavy (non-hydrogen) atoms. The smallest absolute Gasteiger partial charge is 0.295 e. The largest absolute Gasteiger partial charge is 0.507 e. The van der Waals surface area contributed by atoms with Crippen LogP contribution in [0.25, 0.3) is 5.76 Å². The highest BCUT2D eigenvalue weighted by molar-refractivity contribution is 6.46. The predicted molar refractivity (Wildman–Crippen MR) is 138 cm³/mol. The molecule has 1 N–H and O–H groups in total. The molecule has 0 saturated carbocycles. The van der Waals surface area contributed by atoms with Gasteiger partial charge in [-0.15, -0.1) is 0 Å². The molecule has 3 rings (SSSR count). The molecule has 8 heteroatoms. The van der Waals surface area contributed by atoms with Crippen LogP contribution in [0.5, 0.6) is 17.2 Å². The van der Waals surface area contributed by atoms with Crippen molar-refractivity contribution in [2.45, 2.75) is 19.9 Å². The van der Waals surface area contributed by atoms with Crippen LogP contribution in [-0.2, 0) is 9.59 Å². The third kappa shape index (κ3) is 5.54. The summed E-state index contributed by atoms with van der Waals surface area (Å²) in [5.41, 5.74) is 1.08. The van der Waals surface area contributed by atoms with Gasteiger partial charge < -0.3 is 29.1 Å². The van der Waals surface area contributed by atoms with E-state index in [-0.39, 0.29) is 11.3 Å². The first kappa shape index (κ1) is 26.8. The van der Waals surface area contributed by atoms with Crippen molar-refractivity contribution >= 4 is 17.4 Å². The van der Waals surface area contributed by atoms with Crippen molar-refractivity contribution in [2.75, 3.05) is 47.0 Å². The first-order valence-electron chi connectivity index (χ1n) is 12.0. The van der Waals surface area contributed by atoms with E-state index in [1.54, 1.807) is 48.5 Å². The van der Waals surface area contributed by atoms with Gasteiger partial charge >= 0.3 is 0 Å². The first-order valence-corrected chi connectivity index (χ1v) is 12.0. The molecule has 0 radical (unpaired) electrons. The minimum atomic E-state index is -0.780. The molecule has 192 valence electrons. The van der Waals surface area contributed by atoms with Crippen molar-refractivity contribution in [1.82, 2.24) is 9.80 Å². The zero-order valence-corrected chi connectivity index (χ0v) is 21.3. The van der Waals surface area contributed by atoms with Gasteiger partial charge in [0.05, 0.1) is 25.8 Å². The lowest BCUT2D eigenvalue weighted by Gasteiger charge is -2.28. The lowest BCUT2D eigenvalue weighted by molar-refractivity contribution is -0.140. The van der Waals surface area contributed by atoms with Crippen molar-refractivity contribution in [1.29, 1.82) is 0 Å². The van der Waals surface area contributed by atoms with Crippen molar-refractivity contribution in [3.63, 3.8) is 0 Å². The molecular weight excluding hydrogens is 460 g/mol. The fourth-order valence-corrected chi connectivity index (χ4v) is 4.29. The normalized spacial score (nSPS) is 16.9. The zero-order valence-electron chi connectivity index (χ0n) is 21.3. The fourth-order valence-electron chi connectivity index (χ4n) is 4.29. The molecule has 1 atom stereocenters. The molecule has 1 aliphatic rings. The maximum absolute atomic E-state index is 13.3. The molecule has 0 spiro atoms. The molecule has 1 aliphatic heterocycles. The van der Waals surface area contributed by atoms with Gasteiger partial charge in [0.15, 0.2) is 11.5 Å². The van der Waals surface area contributed by atoms with Gasteiger partial charge in [0.2, 0.25) is 0 Å². The Kier molecular flexibility index (Phi) is 9.13. The molecule has 1 saturated heterocycles. The topological polar surface area (TPSA) is 88.5 Å². The number of nitrogens with zero attached hydrogens (tertiary/aromatic N) is 2. The molecule has 2 aromatic rings. The second kappa shape index (κ2) is 12.3. The molecule has 1 fully saturated rings. The summed E-state index contributed by atoms with van der Waals surface area (Å²) in [5.74, 6) is -0.0194. The van der Waals surface area contributed by atoms with Crippen molar-refractivity contribution in [3.8, 4) is 17.2 Å². The minimum absolute atomic E-state index is 0.0338. The van der Waals surface area contributed by atoms with Gasteiger partial charge in [-0.05, 0) is 55.1 Å². The Morgan fingerprint density at radius 1 is 1.06 bits per heavy atom. The number of carbonyl (C=O) groups excluding carboxylic acids is 2. The Hall–Kier alpha value is -3.78. The van der Waals surface area contributed by atoms with Gasteiger partial charge in [0, 0.05) is 18.7 Å². The van der Waals surface area contributed by atoms with Gasteiger partial charge in [0.1, 0.15) is 18.1 Å². The summed E-state index contributed by atoms with van der Waals surface area (Å²) in [4.78, 5) is 30.2. The van der Waals surface area contributed by atoms with Crippen LogP contribution in [0.2, 0.25) is 0 Å². The summed E-state index contributed by atoms with van der Waals surface area (Å²) >= 11 is 0. The number of carbonyl (C=O) groups is 2. The molecule has 0 bridgehead atoms. The van der Waals surface area contributed by atoms with E-state index in [1.165, 1.54) is 19.1 Å². The average Bonchev–Trinajstić information content (AvgIpc) is 3.16. The van der Waals surface area contributed by atoms with E-state index >= 15 is 0 Å². The number of likely N-dealkylation sites (tertiary alicyclic amines) is 1. The van der Waals surface area contributed by atoms with E-state index in [0.717, 1.165) is 13.1 Å². The van der Waals surface area contributed by atoms with Gasteiger partial charge in [-0.2, -0.15) is 0 Å². The highest BCUT2D eigenvalue weighted by Gasteiger charge is 2.46. The molecular formula is C28H34N2O6. The summed E-state index contributed by atoms with van der Waals surface area (Å²) in [6.07, 6.45) is 1.64. The standard InChI is InChI=1S/C28H34N2O6/c1-6-17-36-21-12-9-19(10-13-21)26(31)24-25(20-11-14-22(34-4)23(18-20)35-5)30(28(33)27(24)32)16-15-29(7-2)8-3/h6,9-14,18,25,31H,1,7-8,15-17H2,2-5H3/b26-24-. The van der Waals surface area contributed by atoms with E-state index in [4.69, 9.17) is 14.2 Å². The Bertz CT molecular complexity index is 1120. The number of hydrogen-bond donors (Lipinski definition) is 1. The molecule has 1 heterocycles. The van der Waals surface area contributed by atoms with Crippen LogP contribution >= 0.6 is 0 Å². The van der Waals surface area contributed by atoms with Crippen LogP contribution in [0, 0.1) is 0 Å². The number of amides is 1. The summed E-state index contributed by atoms with van der Waals surface area (Å²) in [5, 5.41) is 11.3. The lowest BCUT2D eigenvalue weighted by Crippen LogP contribution is -2.38. The van der Waals surface area contributed by atoms with Crippen LogP contribution in [-0.4, -0.2) is 73.6 Å².